The van der Waals surface area contributed by atoms with E-state index >= 15 is 0 Å². The molecular weight excluding hydrogens is 244 g/mol. The Bertz CT molecular complexity index is 737. The molecule has 3 rings (SSSR count). The van der Waals surface area contributed by atoms with Gasteiger partial charge >= 0.3 is 5.97 Å². The van der Waals surface area contributed by atoms with Crippen LogP contribution in [-0.4, -0.2) is 32.7 Å². The maximum atomic E-state index is 11.7. The third kappa shape index (κ3) is 1.93. The predicted molar refractivity (Wildman–Crippen MR) is 67.6 cm³/mol. The van der Waals surface area contributed by atoms with Crippen LogP contribution in [0.1, 0.15) is 10.5 Å². The first-order chi connectivity index (χ1) is 9.29. The lowest BCUT2D eigenvalue weighted by atomic mass is 10.3. The molecule has 94 valence electrons. The highest BCUT2D eigenvalue weighted by molar-refractivity contribution is 5.88. The van der Waals surface area contributed by atoms with Crippen LogP contribution in [-0.2, 0) is 4.74 Å². The Morgan fingerprint density at radius 1 is 1.26 bits per heavy atom. The Balaban J connectivity index is 2.19. The zero-order valence-electron chi connectivity index (χ0n) is 10.1. The third-order valence-electron chi connectivity index (χ3n) is 2.67. The number of pyridine rings is 2. The average molecular weight is 254 g/mol. The van der Waals surface area contributed by atoms with Gasteiger partial charge in [-0.2, -0.15) is 0 Å². The Morgan fingerprint density at radius 2 is 2.16 bits per heavy atom. The SMILES string of the molecule is COC(=O)c1cccc2nc(-c3cccnc3)nn12. The second kappa shape index (κ2) is 4.49. The Labute approximate surface area is 108 Å². The summed E-state index contributed by atoms with van der Waals surface area (Å²) >= 11 is 0. The molecule has 0 bridgehead atoms. The van der Waals surface area contributed by atoms with Crippen LogP contribution in [0.3, 0.4) is 0 Å². The summed E-state index contributed by atoms with van der Waals surface area (Å²) in [5.74, 6) is 0.0673. The average Bonchev–Trinajstić information content (AvgIpc) is 2.91. The number of nitrogens with zero attached hydrogens (tertiary/aromatic N) is 4. The number of fused-ring (bicyclic) bond motifs is 1. The second-order valence-corrected chi connectivity index (χ2v) is 3.85. The summed E-state index contributed by atoms with van der Waals surface area (Å²) in [6, 6.07) is 8.82. The topological polar surface area (TPSA) is 69.4 Å². The molecular formula is C13H10N4O2. The molecule has 0 atom stereocenters. The van der Waals surface area contributed by atoms with Crippen molar-refractivity contribution in [2.45, 2.75) is 0 Å². The van der Waals surface area contributed by atoms with E-state index < -0.39 is 5.97 Å². The molecule has 0 saturated heterocycles. The number of carbonyl (C=O) groups excluding carboxylic acids is 1. The fraction of sp³-hybridized carbons (Fsp3) is 0.0769. The molecule has 0 saturated carbocycles. The zero-order valence-corrected chi connectivity index (χ0v) is 10.1. The Morgan fingerprint density at radius 3 is 2.89 bits per heavy atom. The number of aromatic nitrogens is 4. The molecule has 0 aliphatic rings. The highest BCUT2D eigenvalue weighted by Crippen LogP contribution is 2.16. The van der Waals surface area contributed by atoms with Gasteiger partial charge in [-0.1, -0.05) is 6.07 Å². The molecule has 0 aliphatic heterocycles. The lowest BCUT2D eigenvalue weighted by Crippen LogP contribution is -2.08. The van der Waals surface area contributed by atoms with Crippen molar-refractivity contribution in [3.05, 3.63) is 48.4 Å². The maximum absolute atomic E-state index is 11.7. The standard InChI is InChI=1S/C13H10N4O2/c1-19-13(18)10-5-2-6-11-15-12(16-17(10)11)9-4-3-7-14-8-9/h2-8H,1H3. The van der Waals surface area contributed by atoms with Crippen LogP contribution in [0.4, 0.5) is 0 Å². The minimum atomic E-state index is -0.451. The third-order valence-corrected chi connectivity index (χ3v) is 2.67. The van der Waals surface area contributed by atoms with Gasteiger partial charge in [0.25, 0.3) is 0 Å². The predicted octanol–water partition coefficient (Wildman–Crippen LogP) is 1.58. The molecule has 6 nitrogen and oxygen atoms in total. The molecule has 6 heteroatoms. The summed E-state index contributed by atoms with van der Waals surface area (Å²) in [4.78, 5) is 20.0. The molecule has 0 unspecified atom stereocenters. The van der Waals surface area contributed by atoms with E-state index in [0.29, 0.717) is 17.2 Å². The first-order valence-corrected chi connectivity index (χ1v) is 5.64. The Kier molecular flexibility index (Phi) is 2.68. The maximum Gasteiger partial charge on any atom is 0.356 e. The molecule has 0 aliphatic carbocycles. The minimum Gasteiger partial charge on any atom is -0.464 e. The molecule has 0 N–H and O–H groups in total. The molecule has 0 amide bonds. The number of hydrogen-bond acceptors (Lipinski definition) is 5. The van der Waals surface area contributed by atoms with E-state index in [1.807, 2.05) is 12.1 Å². The first-order valence-electron chi connectivity index (χ1n) is 5.64. The van der Waals surface area contributed by atoms with Crippen LogP contribution in [0.25, 0.3) is 17.0 Å². The van der Waals surface area contributed by atoms with E-state index in [-0.39, 0.29) is 0 Å². The van der Waals surface area contributed by atoms with Crippen molar-refractivity contribution in [1.82, 2.24) is 19.6 Å². The number of esters is 1. The summed E-state index contributed by atoms with van der Waals surface area (Å²) in [5, 5.41) is 4.32. The largest absolute Gasteiger partial charge is 0.464 e. The van der Waals surface area contributed by atoms with Crippen LogP contribution in [0.15, 0.2) is 42.7 Å². The van der Waals surface area contributed by atoms with E-state index in [1.165, 1.54) is 11.6 Å². The van der Waals surface area contributed by atoms with Gasteiger partial charge in [0.05, 0.1) is 7.11 Å². The van der Waals surface area contributed by atoms with Gasteiger partial charge in [0.2, 0.25) is 0 Å². The fourth-order valence-corrected chi connectivity index (χ4v) is 1.78. The first kappa shape index (κ1) is 11.3. The fourth-order valence-electron chi connectivity index (χ4n) is 1.78. The highest BCUT2D eigenvalue weighted by Gasteiger charge is 2.14. The number of carbonyl (C=O) groups is 1. The monoisotopic (exact) mass is 254 g/mol. The molecule has 3 heterocycles. The van der Waals surface area contributed by atoms with Gasteiger partial charge in [-0.3, -0.25) is 4.98 Å². The van der Waals surface area contributed by atoms with E-state index in [0.717, 1.165) is 5.56 Å². The number of hydrogen-bond donors (Lipinski definition) is 0. The number of ether oxygens (including phenoxy) is 1. The molecule has 3 aromatic heterocycles. The van der Waals surface area contributed by atoms with E-state index in [9.17, 15) is 4.79 Å². The van der Waals surface area contributed by atoms with E-state index in [1.54, 1.807) is 30.6 Å². The second-order valence-electron chi connectivity index (χ2n) is 3.85. The van der Waals surface area contributed by atoms with Crippen molar-refractivity contribution in [3.63, 3.8) is 0 Å². The normalized spacial score (nSPS) is 10.6. The van der Waals surface area contributed by atoms with Crippen molar-refractivity contribution in [1.29, 1.82) is 0 Å². The van der Waals surface area contributed by atoms with Crippen molar-refractivity contribution in [3.8, 4) is 11.4 Å². The lowest BCUT2D eigenvalue weighted by molar-refractivity contribution is 0.0591. The van der Waals surface area contributed by atoms with Crippen LogP contribution in [0.5, 0.6) is 0 Å². The van der Waals surface area contributed by atoms with Crippen molar-refractivity contribution in [2.24, 2.45) is 0 Å². The number of rotatable bonds is 2. The highest BCUT2D eigenvalue weighted by atomic mass is 16.5. The molecule has 3 aromatic rings. The van der Waals surface area contributed by atoms with Crippen LogP contribution in [0, 0.1) is 0 Å². The lowest BCUT2D eigenvalue weighted by Gasteiger charge is -2.00. The summed E-state index contributed by atoms with van der Waals surface area (Å²) in [6.07, 6.45) is 3.35. The van der Waals surface area contributed by atoms with Gasteiger partial charge in [-0.25, -0.2) is 14.3 Å². The van der Waals surface area contributed by atoms with Gasteiger partial charge in [-0.05, 0) is 24.3 Å². The Hall–Kier alpha value is -2.76. The molecule has 0 aromatic carbocycles. The molecule has 0 fully saturated rings. The van der Waals surface area contributed by atoms with Gasteiger partial charge < -0.3 is 4.74 Å². The molecule has 19 heavy (non-hydrogen) atoms. The molecule has 0 spiro atoms. The van der Waals surface area contributed by atoms with Gasteiger partial charge in [0.15, 0.2) is 17.2 Å². The van der Waals surface area contributed by atoms with E-state index in [4.69, 9.17) is 4.74 Å². The van der Waals surface area contributed by atoms with Crippen molar-refractivity contribution >= 4 is 11.6 Å². The smallest absolute Gasteiger partial charge is 0.356 e. The van der Waals surface area contributed by atoms with E-state index in [2.05, 4.69) is 15.1 Å². The molecule has 0 radical (unpaired) electrons. The summed E-state index contributed by atoms with van der Waals surface area (Å²) in [7, 11) is 1.33. The minimum absolute atomic E-state index is 0.336. The quantitative estimate of drug-likeness (QED) is 0.649. The van der Waals surface area contributed by atoms with Gasteiger partial charge in [0, 0.05) is 18.0 Å². The van der Waals surface area contributed by atoms with Crippen LogP contribution in [0.2, 0.25) is 0 Å². The van der Waals surface area contributed by atoms with Crippen LogP contribution >= 0.6 is 0 Å². The summed E-state index contributed by atoms with van der Waals surface area (Å²) in [6.45, 7) is 0. The van der Waals surface area contributed by atoms with Crippen molar-refractivity contribution < 1.29 is 9.53 Å². The van der Waals surface area contributed by atoms with Crippen LogP contribution < -0.4 is 0 Å². The number of methoxy groups -OCH3 is 1. The zero-order chi connectivity index (χ0) is 13.2. The summed E-state index contributed by atoms with van der Waals surface area (Å²) in [5.41, 5.74) is 1.71. The summed E-state index contributed by atoms with van der Waals surface area (Å²) < 4.78 is 6.19. The van der Waals surface area contributed by atoms with Gasteiger partial charge in [0.1, 0.15) is 0 Å². The van der Waals surface area contributed by atoms with Gasteiger partial charge in [-0.15, -0.1) is 5.10 Å². The van der Waals surface area contributed by atoms with Crippen molar-refractivity contribution in [2.75, 3.05) is 7.11 Å².